The normalized spacial score (nSPS) is 14.0. The van der Waals surface area contributed by atoms with Gasteiger partial charge in [-0.3, -0.25) is 14.3 Å². The van der Waals surface area contributed by atoms with Crippen LogP contribution in [0.25, 0.3) is 22.0 Å². The van der Waals surface area contributed by atoms with E-state index >= 15 is 0 Å². The van der Waals surface area contributed by atoms with Crippen molar-refractivity contribution in [2.24, 2.45) is 13.0 Å². The standard InChI is InChI=1S/C35H44ClN5O6S/c1-21-18-25(19-22(2)31(21)36)47-16-9-14-27-26-12-8-13-28(30-23(3)41(4)39-29(30)20-42)32(26)38-33(27)35(44)40-48(45,46)17-15-37-34(43)24-10-6-5-7-11-24/h8,12-13,18-19,24,38,42H,5-7,9-11,14-17,20H2,1-4H3,(H,37,43)(H,40,44). The smallest absolute Gasteiger partial charge is 0.281 e. The van der Waals surface area contributed by atoms with Crippen LogP contribution in [-0.4, -0.2) is 59.0 Å². The summed E-state index contributed by atoms with van der Waals surface area (Å²) in [7, 11) is -2.28. The third kappa shape index (κ3) is 7.88. The summed E-state index contributed by atoms with van der Waals surface area (Å²) in [5.41, 5.74) is 6.02. The number of aromatic amines is 1. The highest BCUT2D eigenvalue weighted by molar-refractivity contribution is 7.90. The van der Waals surface area contributed by atoms with Crippen molar-refractivity contribution < 1.29 is 27.9 Å². The molecule has 2 amide bonds. The van der Waals surface area contributed by atoms with Crippen molar-refractivity contribution >= 4 is 44.3 Å². The summed E-state index contributed by atoms with van der Waals surface area (Å²) in [5, 5.41) is 18.7. The molecule has 1 aliphatic rings. The maximum Gasteiger partial charge on any atom is 0.281 e. The van der Waals surface area contributed by atoms with E-state index in [0.29, 0.717) is 47.0 Å². The van der Waals surface area contributed by atoms with Crippen molar-refractivity contribution in [3.63, 3.8) is 0 Å². The molecule has 0 saturated heterocycles. The lowest BCUT2D eigenvalue weighted by atomic mass is 9.89. The number of halogens is 1. The number of sulfonamides is 1. The van der Waals surface area contributed by atoms with Gasteiger partial charge in [0.2, 0.25) is 15.9 Å². The Morgan fingerprint density at radius 2 is 1.83 bits per heavy atom. The van der Waals surface area contributed by atoms with Crippen LogP contribution in [0.4, 0.5) is 0 Å². The lowest BCUT2D eigenvalue weighted by Crippen LogP contribution is -2.39. The van der Waals surface area contributed by atoms with Crippen LogP contribution in [0.5, 0.6) is 5.75 Å². The zero-order chi connectivity index (χ0) is 34.6. The number of rotatable bonds is 13. The second-order valence-corrected chi connectivity index (χ2v) is 14.8. The summed E-state index contributed by atoms with van der Waals surface area (Å²) in [4.78, 5) is 29.4. The number of aryl methyl sites for hydroxylation is 4. The quantitative estimate of drug-likeness (QED) is 0.136. The van der Waals surface area contributed by atoms with E-state index < -0.39 is 21.7 Å². The first-order valence-electron chi connectivity index (χ1n) is 16.4. The predicted octanol–water partition coefficient (Wildman–Crippen LogP) is 5.41. The molecule has 0 atom stereocenters. The maximum absolute atomic E-state index is 13.7. The van der Waals surface area contributed by atoms with E-state index in [0.717, 1.165) is 65.4 Å². The molecule has 2 aromatic heterocycles. The highest BCUT2D eigenvalue weighted by Gasteiger charge is 2.26. The lowest BCUT2D eigenvalue weighted by Gasteiger charge is -2.20. The fourth-order valence-electron chi connectivity index (χ4n) is 6.56. The van der Waals surface area contributed by atoms with Gasteiger partial charge in [0.25, 0.3) is 5.91 Å². The summed E-state index contributed by atoms with van der Waals surface area (Å²) in [6.07, 6.45) is 5.66. The van der Waals surface area contributed by atoms with Crippen LogP contribution in [0.1, 0.15) is 77.1 Å². The number of H-pyrrole nitrogens is 1. The molecule has 0 spiro atoms. The minimum atomic E-state index is -4.07. The second-order valence-electron chi connectivity index (χ2n) is 12.6. The topological polar surface area (TPSA) is 155 Å². The van der Waals surface area contributed by atoms with Gasteiger partial charge in [0.1, 0.15) is 11.4 Å². The Morgan fingerprint density at radius 3 is 2.52 bits per heavy atom. The van der Waals surface area contributed by atoms with Crippen molar-refractivity contribution in [2.75, 3.05) is 18.9 Å². The third-order valence-corrected chi connectivity index (χ3v) is 11.0. The number of aromatic nitrogens is 3. The van der Waals surface area contributed by atoms with Crippen molar-refractivity contribution in [3.05, 3.63) is 69.1 Å². The molecule has 258 valence electrons. The van der Waals surface area contributed by atoms with Gasteiger partial charge < -0.3 is 20.1 Å². The highest BCUT2D eigenvalue weighted by atomic mass is 35.5. The molecule has 48 heavy (non-hydrogen) atoms. The number of fused-ring (bicyclic) bond motifs is 1. The molecule has 5 rings (SSSR count). The van der Waals surface area contributed by atoms with Crippen LogP contribution < -0.4 is 14.8 Å². The first-order chi connectivity index (χ1) is 22.9. The van der Waals surface area contributed by atoms with Crippen molar-refractivity contribution in [3.8, 4) is 16.9 Å². The number of aliphatic hydroxyl groups is 1. The van der Waals surface area contributed by atoms with Crippen LogP contribution in [0, 0.1) is 26.7 Å². The number of nitrogens with zero attached hydrogens (tertiary/aromatic N) is 2. The fraction of sp³-hybridized carbons (Fsp3) is 0.457. The van der Waals surface area contributed by atoms with Gasteiger partial charge in [0.15, 0.2) is 0 Å². The Morgan fingerprint density at radius 1 is 1.12 bits per heavy atom. The molecule has 1 fully saturated rings. The average Bonchev–Trinajstić information content (AvgIpc) is 3.58. The molecule has 11 nitrogen and oxygen atoms in total. The van der Waals surface area contributed by atoms with Gasteiger partial charge in [0, 0.05) is 46.7 Å². The fourth-order valence-corrected chi connectivity index (χ4v) is 7.53. The molecule has 0 unspecified atom stereocenters. The van der Waals surface area contributed by atoms with E-state index in [4.69, 9.17) is 16.3 Å². The number of nitrogens with one attached hydrogen (secondary N) is 3. The summed E-state index contributed by atoms with van der Waals surface area (Å²) < 4.78 is 36.0. The minimum absolute atomic E-state index is 0.0904. The molecule has 2 heterocycles. The number of amides is 2. The van der Waals surface area contributed by atoms with Crippen molar-refractivity contribution in [1.82, 2.24) is 24.8 Å². The average molecular weight is 698 g/mol. The molecule has 1 aliphatic carbocycles. The minimum Gasteiger partial charge on any atom is -0.494 e. The zero-order valence-corrected chi connectivity index (χ0v) is 29.5. The Labute approximate surface area is 286 Å². The zero-order valence-electron chi connectivity index (χ0n) is 27.9. The first kappa shape index (κ1) is 35.4. The van der Waals surface area contributed by atoms with Gasteiger partial charge in [-0.15, -0.1) is 0 Å². The summed E-state index contributed by atoms with van der Waals surface area (Å²) in [5.74, 6) is -0.758. The van der Waals surface area contributed by atoms with Gasteiger partial charge in [-0.05, 0) is 75.3 Å². The molecule has 0 aliphatic heterocycles. The van der Waals surface area contributed by atoms with Gasteiger partial charge in [-0.2, -0.15) is 5.10 Å². The molecular formula is C35H44ClN5O6S. The molecule has 0 radical (unpaired) electrons. The lowest BCUT2D eigenvalue weighted by molar-refractivity contribution is -0.125. The van der Waals surface area contributed by atoms with E-state index in [2.05, 4.69) is 20.1 Å². The second kappa shape index (κ2) is 15.1. The summed E-state index contributed by atoms with van der Waals surface area (Å²) in [6, 6.07) is 9.39. The van der Waals surface area contributed by atoms with E-state index in [1.807, 2.05) is 51.1 Å². The highest BCUT2D eigenvalue weighted by Crippen LogP contribution is 2.36. The van der Waals surface area contributed by atoms with Gasteiger partial charge in [-0.25, -0.2) is 13.1 Å². The number of hydrogen-bond acceptors (Lipinski definition) is 7. The molecule has 4 N–H and O–H groups in total. The molecule has 4 aromatic rings. The summed E-state index contributed by atoms with van der Waals surface area (Å²) in [6.45, 7) is 5.72. The Kier molecular flexibility index (Phi) is 11.2. The molecule has 1 saturated carbocycles. The van der Waals surface area contributed by atoms with Gasteiger partial charge >= 0.3 is 0 Å². The summed E-state index contributed by atoms with van der Waals surface area (Å²) >= 11 is 6.31. The van der Waals surface area contributed by atoms with Crippen LogP contribution in [0.15, 0.2) is 30.3 Å². The van der Waals surface area contributed by atoms with E-state index in [1.54, 1.807) is 11.7 Å². The SMILES string of the molecule is Cc1cc(OCCCc2c(C(=O)NS(=O)(=O)CCNC(=O)C3CCCCC3)[nH]c3c(-c4c(CO)nn(C)c4C)cccc23)cc(C)c1Cl. The molecular weight excluding hydrogens is 654 g/mol. The Balaban J connectivity index is 1.39. The maximum atomic E-state index is 13.7. The van der Waals surface area contributed by atoms with E-state index in [1.165, 1.54) is 0 Å². The van der Waals surface area contributed by atoms with Crippen LogP contribution >= 0.6 is 11.6 Å². The van der Waals surface area contributed by atoms with Crippen LogP contribution in [0.2, 0.25) is 5.02 Å². The molecule has 13 heteroatoms. The third-order valence-electron chi connectivity index (χ3n) is 9.14. The van der Waals surface area contributed by atoms with Crippen molar-refractivity contribution in [2.45, 2.75) is 72.3 Å². The van der Waals surface area contributed by atoms with E-state index in [-0.39, 0.29) is 30.7 Å². The predicted molar refractivity (Wildman–Crippen MR) is 187 cm³/mol. The van der Waals surface area contributed by atoms with Crippen molar-refractivity contribution in [1.29, 1.82) is 0 Å². The Hall–Kier alpha value is -3.87. The Bertz CT molecular complexity index is 1900. The van der Waals surface area contributed by atoms with Gasteiger partial charge in [-0.1, -0.05) is 49.1 Å². The van der Waals surface area contributed by atoms with Gasteiger partial charge in [0.05, 0.1) is 30.2 Å². The first-order valence-corrected chi connectivity index (χ1v) is 18.4. The van der Waals surface area contributed by atoms with E-state index in [9.17, 15) is 23.1 Å². The number of carbonyl (C=O) groups excluding carboxylic acids is 2. The number of ether oxygens (including phenoxy) is 1. The largest absolute Gasteiger partial charge is 0.494 e. The van der Waals surface area contributed by atoms with Crippen LogP contribution in [-0.2, 0) is 34.9 Å². The monoisotopic (exact) mass is 697 g/mol. The number of para-hydroxylation sites is 1. The number of benzene rings is 2. The molecule has 0 bridgehead atoms. The van der Waals surface area contributed by atoms with Crippen LogP contribution in [0.3, 0.4) is 0 Å². The number of carbonyl (C=O) groups is 2. The number of aliphatic hydroxyl groups excluding tert-OH is 1. The molecule has 2 aromatic carbocycles. The number of hydrogen-bond donors (Lipinski definition) is 4.